The number of nitrogen functional groups attached to an aromatic ring is 1. The average Bonchev–Trinajstić information content (AvgIpc) is 3.25. The molecule has 7 heteroatoms. The number of para-hydroxylation sites is 2. The summed E-state index contributed by atoms with van der Waals surface area (Å²) in [6.45, 7) is 3.13. The van der Waals surface area contributed by atoms with E-state index in [0.717, 1.165) is 56.4 Å². The molecular weight excluding hydrogens is 462 g/mol. The van der Waals surface area contributed by atoms with E-state index in [1.807, 2.05) is 36.4 Å². The van der Waals surface area contributed by atoms with E-state index in [-0.39, 0.29) is 12.1 Å². The molecule has 3 N–H and O–H groups in total. The highest BCUT2D eigenvalue weighted by atomic mass is 16.4. The van der Waals surface area contributed by atoms with E-state index in [0.29, 0.717) is 12.5 Å². The van der Waals surface area contributed by atoms with Gasteiger partial charge in [0.25, 0.3) is 0 Å². The molecule has 7 nitrogen and oxygen atoms in total. The van der Waals surface area contributed by atoms with Gasteiger partial charge in [-0.1, -0.05) is 72.8 Å². The van der Waals surface area contributed by atoms with Crippen LogP contribution in [0.25, 0.3) is 11.0 Å². The average molecular weight is 498 g/mol. The SMILES string of the molecule is Nc1nc2ccccc2n1C1CCN(C(=O)O)[C@@H](CCCN(Cc2ccccc2)Cc2ccccc2)C1. The number of carboxylic acid groups (broad SMARTS) is 1. The van der Waals surface area contributed by atoms with Gasteiger partial charge in [-0.2, -0.15) is 0 Å². The number of fused-ring (bicyclic) bond motifs is 1. The number of carbonyl (C=O) groups is 1. The number of hydrogen-bond donors (Lipinski definition) is 2. The van der Waals surface area contributed by atoms with E-state index in [1.165, 1.54) is 11.1 Å². The summed E-state index contributed by atoms with van der Waals surface area (Å²) >= 11 is 0. The number of benzene rings is 3. The maximum atomic E-state index is 12.1. The largest absolute Gasteiger partial charge is 0.465 e. The topological polar surface area (TPSA) is 87.6 Å². The summed E-state index contributed by atoms with van der Waals surface area (Å²) in [4.78, 5) is 20.7. The van der Waals surface area contributed by atoms with Crippen molar-refractivity contribution in [2.75, 3.05) is 18.8 Å². The van der Waals surface area contributed by atoms with Crippen molar-refractivity contribution in [1.29, 1.82) is 0 Å². The maximum Gasteiger partial charge on any atom is 0.407 e. The van der Waals surface area contributed by atoms with E-state index >= 15 is 0 Å². The van der Waals surface area contributed by atoms with Gasteiger partial charge in [0.1, 0.15) is 0 Å². The lowest BCUT2D eigenvalue weighted by atomic mass is 9.93. The van der Waals surface area contributed by atoms with Crippen LogP contribution in [0.5, 0.6) is 0 Å². The molecule has 192 valence electrons. The second-order valence-corrected chi connectivity index (χ2v) is 9.96. The van der Waals surface area contributed by atoms with Crippen LogP contribution < -0.4 is 5.73 Å². The van der Waals surface area contributed by atoms with Crippen molar-refractivity contribution in [3.63, 3.8) is 0 Å². The van der Waals surface area contributed by atoms with Crippen LogP contribution in [-0.2, 0) is 13.1 Å². The van der Waals surface area contributed by atoms with Gasteiger partial charge in [0.2, 0.25) is 5.95 Å². The summed E-state index contributed by atoms with van der Waals surface area (Å²) in [5.41, 5.74) is 10.8. The number of nitrogens with zero attached hydrogens (tertiary/aromatic N) is 4. The second-order valence-electron chi connectivity index (χ2n) is 9.96. The first-order valence-corrected chi connectivity index (χ1v) is 13.1. The Kier molecular flexibility index (Phi) is 7.70. The number of imidazole rings is 1. The van der Waals surface area contributed by atoms with Gasteiger partial charge in [-0.3, -0.25) is 4.90 Å². The van der Waals surface area contributed by atoms with Gasteiger partial charge >= 0.3 is 6.09 Å². The van der Waals surface area contributed by atoms with Crippen molar-refractivity contribution in [2.24, 2.45) is 0 Å². The van der Waals surface area contributed by atoms with Crippen LogP contribution >= 0.6 is 0 Å². The number of aromatic nitrogens is 2. The third kappa shape index (κ3) is 5.94. The number of nitrogens with two attached hydrogens (primary N) is 1. The number of rotatable bonds is 9. The Labute approximate surface area is 218 Å². The van der Waals surface area contributed by atoms with Crippen LogP contribution in [-0.4, -0.2) is 49.7 Å². The molecule has 5 rings (SSSR count). The highest BCUT2D eigenvalue weighted by molar-refractivity contribution is 5.78. The fourth-order valence-electron chi connectivity index (χ4n) is 5.68. The normalized spacial score (nSPS) is 17.9. The number of likely N-dealkylation sites (tertiary alicyclic amines) is 1. The van der Waals surface area contributed by atoms with Gasteiger partial charge < -0.3 is 20.3 Å². The zero-order valence-corrected chi connectivity index (χ0v) is 21.1. The molecule has 37 heavy (non-hydrogen) atoms. The van der Waals surface area contributed by atoms with Gasteiger partial charge in [-0.15, -0.1) is 0 Å². The zero-order chi connectivity index (χ0) is 25.6. The van der Waals surface area contributed by atoms with Crippen molar-refractivity contribution in [1.82, 2.24) is 19.4 Å². The Morgan fingerprint density at radius 3 is 2.22 bits per heavy atom. The zero-order valence-electron chi connectivity index (χ0n) is 21.1. The van der Waals surface area contributed by atoms with E-state index < -0.39 is 6.09 Å². The molecule has 1 unspecified atom stereocenters. The predicted molar refractivity (Wildman–Crippen MR) is 147 cm³/mol. The number of amides is 1. The molecule has 1 aromatic heterocycles. The maximum absolute atomic E-state index is 12.1. The highest BCUT2D eigenvalue weighted by Gasteiger charge is 2.33. The Morgan fingerprint density at radius 1 is 0.946 bits per heavy atom. The molecule has 2 heterocycles. The first-order chi connectivity index (χ1) is 18.1. The number of piperidine rings is 1. The minimum Gasteiger partial charge on any atom is -0.465 e. The smallest absolute Gasteiger partial charge is 0.407 e. The van der Waals surface area contributed by atoms with Gasteiger partial charge in [0.05, 0.1) is 11.0 Å². The summed E-state index contributed by atoms with van der Waals surface area (Å²) < 4.78 is 2.11. The molecule has 0 saturated carbocycles. The molecule has 0 bridgehead atoms. The van der Waals surface area contributed by atoms with Crippen LogP contribution in [0.2, 0.25) is 0 Å². The van der Waals surface area contributed by atoms with Crippen LogP contribution in [0.4, 0.5) is 10.7 Å². The van der Waals surface area contributed by atoms with Gasteiger partial charge in [0.15, 0.2) is 0 Å². The molecule has 3 aromatic carbocycles. The Hall–Kier alpha value is -3.84. The summed E-state index contributed by atoms with van der Waals surface area (Å²) in [5, 5.41) is 9.92. The Bertz CT molecular complexity index is 1270. The van der Waals surface area contributed by atoms with Crippen LogP contribution in [0.15, 0.2) is 84.9 Å². The third-order valence-electron chi connectivity index (χ3n) is 7.43. The van der Waals surface area contributed by atoms with Crippen molar-refractivity contribution in [3.8, 4) is 0 Å². The van der Waals surface area contributed by atoms with Crippen molar-refractivity contribution in [3.05, 3.63) is 96.1 Å². The number of hydrogen-bond acceptors (Lipinski definition) is 4. The lowest BCUT2D eigenvalue weighted by molar-refractivity contribution is 0.0862. The monoisotopic (exact) mass is 497 g/mol. The van der Waals surface area contributed by atoms with Gasteiger partial charge in [-0.05, 0) is 55.5 Å². The molecule has 0 aliphatic carbocycles. The first-order valence-electron chi connectivity index (χ1n) is 13.1. The lowest BCUT2D eigenvalue weighted by Gasteiger charge is -2.39. The van der Waals surface area contributed by atoms with E-state index in [1.54, 1.807) is 4.90 Å². The summed E-state index contributed by atoms with van der Waals surface area (Å²) in [6.07, 6.45) is 2.38. The van der Waals surface area contributed by atoms with Crippen molar-refractivity contribution < 1.29 is 9.90 Å². The van der Waals surface area contributed by atoms with E-state index in [9.17, 15) is 9.90 Å². The molecule has 1 aliphatic rings. The van der Waals surface area contributed by atoms with Gasteiger partial charge in [-0.25, -0.2) is 9.78 Å². The summed E-state index contributed by atoms with van der Waals surface area (Å²) in [7, 11) is 0. The molecule has 1 fully saturated rings. The van der Waals surface area contributed by atoms with E-state index in [4.69, 9.17) is 5.73 Å². The molecule has 0 radical (unpaired) electrons. The van der Waals surface area contributed by atoms with Crippen LogP contribution in [0, 0.1) is 0 Å². The van der Waals surface area contributed by atoms with Crippen LogP contribution in [0.3, 0.4) is 0 Å². The summed E-state index contributed by atoms with van der Waals surface area (Å²) in [6, 6.07) is 29.1. The Balaban J connectivity index is 1.28. The number of anilines is 1. The Morgan fingerprint density at radius 2 is 1.57 bits per heavy atom. The minimum atomic E-state index is -0.836. The quantitative estimate of drug-likeness (QED) is 0.306. The van der Waals surface area contributed by atoms with E-state index in [2.05, 4.69) is 63.0 Å². The minimum absolute atomic E-state index is 0.0490. The van der Waals surface area contributed by atoms with Crippen molar-refractivity contribution >= 4 is 23.1 Å². The molecule has 1 aliphatic heterocycles. The molecule has 2 atom stereocenters. The predicted octanol–water partition coefficient (Wildman–Crippen LogP) is 5.78. The molecule has 4 aromatic rings. The first kappa shape index (κ1) is 24.8. The van der Waals surface area contributed by atoms with Crippen LogP contribution in [0.1, 0.15) is 42.9 Å². The van der Waals surface area contributed by atoms with Crippen molar-refractivity contribution in [2.45, 2.75) is 50.9 Å². The fourth-order valence-corrected chi connectivity index (χ4v) is 5.68. The van der Waals surface area contributed by atoms with Gasteiger partial charge in [0, 0.05) is 31.7 Å². The highest BCUT2D eigenvalue weighted by Crippen LogP contribution is 2.34. The lowest BCUT2D eigenvalue weighted by Crippen LogP contribution is -2.46. The standard InChI is InChI=1S/C30H35N5O2/c31-29-32-27-15-7-8-16-28(27)35(29)26-17-19-34(30(36)37)25(20-26)14-9-18-33(21-23-10-3-1-4-11-23)22-24-12-5-2-6-13-24/h1-8,10-13,15-16,25-26H,9,14,17-22H2,(H2,31,32)(H,36,37)/t25-,26?/m0/s1. The molecule has 1 amide bonds. The molecular formula is C30H35N5O2. The molecule has 1 saturated heterocycles. The second kappa shape index (κ2) is 11.5. The fraction of sp³-hybridized carbons (Fsp3) is 0.333. The summed E-state index contributed by atoms with van der Waals surface area (Å²) in [5.74, 6) is 0.505. The molecule has 0 spiro atoms. The third-order valence-corrected chi connectivity index (χ3v) is 7.43.